The van der Waals surface area contributed by atoms with Crippen molar-refractivity contribution in [1.82, 2.24) is 19.4 Å². The first-order valence-corrected chi connectivity index (χ1v) is 30.6. The van der Waals surface area contributed by atoms with Gasteiger partial charge in [-0.2, -0.15) is 16.8 Å². The lowest BCUT2D eigenvalue weighted by molar-refractivity contribution is 0.308. The highest BCUT2D eigenvalue weighted by atomic mass is 35.5. The molecule has 5 heterocycles. The third-order valence-electron chi connectivity index (χ3n) is 14.2. The summed E-state index contributed by atoms with van der Waals surface area (Å²) in [5.74, 6) is -0.00761. The quantitative estimate of drug-likeness (QED) is 0.0975. The smallest absolute Gasteiger partial charge is 0.288 e. The number of fused-ring (bicyclic) bond motifs is 5. The van der Waals surface area contributed by atoms with Crippen LogP contribution in [-0.4, -0.2) is 75.5 Å². The minimum absolute atomic E-state index is 0.00761. The average molecular weight is 1120 g/mol. The van der Waals surface area contributed by atoms with E-state index in [9.17, 15) is 0 Å². The summed E-state index contributed by atoms with van der Waals surface area (Å²) in [5, 5.41) is 7.41. The van der Waals surface area contributed by atoms with Crippen molar-refractivity contribution in [3.8, 4) is 16.8 Å². The Balaban J connectivity index is 1.40. The van der Waals surface area contributed by atoms with Gasteiger partial charge in [-0.25, -0.2) is 0 Å². The summed E-state index contributed by atoms with van der Waals surface area (Å²) >= 11 is 24.4. The molecule has 10 aromatic rings. The summed E-state index contributed by atoms with van der Waals surface area (Å²) in [6.07, 6.45) is 3.06. The standard InChI is InChI=1S/C55H54Cl3N5O4S5/c1-8-60(9-2)26-24-35-30-59-51-39(35)15-13-17-46(51)62-45-21-20-44(58)49(40-16-12-14-38-32(5)31-68-52(38)40)50(45)41(25-27-61(10-3)11-4)53(62)63(71(64,65)54-33(6)42-28-36(56)18-22-47(42)69-54)72(66,67)55-34(7)43-29-37(57)19-23-48(43)70-55/h12-23,28-31,59H,8-11,24-27H2,1-7H3. The van der Waals surface area contributed by atoms with Gasteiger partial charge in [0.25, 0.3) is 20.0 Å². The van der Waals surface area contributed by atoms with Crippen LogP contribution in [0.1, 0.15) is 55.5 Å². The fourth-order valence-corrected chi connectivity index (χ4v) is 19.5. The van der Waals surface area contributed by atoms with Crippen molar-refractivity contribution in [2.75, 3.05) is 43.0 Å². The van der Waals surface area contributed by atoms with Crippen molar-refractivity contribution in [1.29, 1.82) is 0 Å². The van der Waals surface area contributed by atoms with E-state index in [0.717, 1.165) is 103 Å². The van der Waals surface area contributed by atoms with E-state index < -0.39 is 20.0 Å². The molecule has 1 N–H and O–H groups in total. The minimum atomic E-state index is -5.05. The number of rotatable bonds is 17. The number of hydrogen-bond acceptors (Lipinski definition) is 9. The zero-order chi connectivity index (χ0) is 51.0. The molecule has 0 unspecified atom stereocenters. The maximum atomic E-state index is 16.6. The van der Waals surface area contributed by atoms with E-state index >= 15 is 16.8 Å². The number of nitrogens with one attached hydrogen (secondary N) is 1. The van der Waals surface area contributed by atoms with Crippen LogP contribution < -0.4 is 3.71 Å². The minimum Gasteiger partial charge on any atom is -0.359 e. The Morgan fingerprint density at radius 3 is 1.82 bits per heavy atom. The molecule has 0 aliphatic carbocycles. The molecular weight excluding hydrogens is 1060 g/mol. The molecule has 0 amide bonds. The zero-order valence-electron chi connectivity index (χ0n) is 41.0. The Morgan fingerprint density at radius 1 is 0.653 bits per heavy atom. The lowest BCUT2D eigenvalue weighted by Crippen LogP contribution is -2.39. The number of H-pyrrole nitrogens is 1. The van der Waals surface area contributed by atoms with Crippen molar-refractivity contribution in [2.45, 2.75) is 69.7 Å². The number of likely N-dealkylation sites (N-methyl/N-ethyl adjacent to an activating group) is 2. The topological polar surface area (TPSA) is 98.7 Å². The molecule has 374 valence electrons. The number of aromatic amines is 1. The number of aryl methyl sites for hydroxylation is 3. The summed E-state index contributed by atoms with van der Waals surface area (Å²) in [4.78, 5) is 8.25. The molecule has 0 spiro atoms. The van der Waals surface area contributed by atoms with Gasteiger partial charge in [-0.1, -0.05) is 92.8 Å². The molecule has 0 atom stereocenters. The molecule has 0 fully saturated rings. The monoisotopic (exact) mass is 1110 g/mol. The average Bonchev–Trinajstić information content (AvgIpc) is 4.19. The van der Waals surface area contributed by atoms with Crippen LogP contribution in [-0.2, 0) is 32.9 Å². The summed E-state index contributed by atoms with van der Waals surface area (Å²) in [6, 6.07) is 26.4. The first kappa shape index (κ1) is 51.1. The van der Waals surface area contributed by atoms with E-state index in [-0.39, 0.29) is 20.7 Å². The van der Waals surface area contributed by atoms with Crippen molar-refractivity contribution in [2.24, 2.45) is 0 Å². The molecule has 0 aliphatic rings. The van der Waals surface area contributed by atoms with Crippen LogP contribution in [0.3, 0.4) is 0 Å². The van der Waals surface area contributed by atoms with Gasteiger partial charge >= 0.3 is 0 Å². The molecule has 72 heavy (non-hydrogen) atoms. The van der Waals surface area contributed by atoms with Crippen LogP contribution in [0.5, 0.6) is 0 Å². The second kappa shape index (κ2) is 20.0. The molecule has 5 aromatic carbocycles. The first-order valence-electron chi connectivity index (χ1n) is 24.1. The Kier molecular flexibility index (Phi) is 14.2. The highest BCUT2D eigenvalue weighted by molar-refractivity contribution is 8.12. The van der Waals surface area contributed by atoms with Gasteiger partial charge in [0, 0.05) is 75.9 Å². The number of anilines is 1. The second-order valence-electron chi connectivity index (χ2n) is 18.1. The highest BCUT2D eigenvalue weighted by Gasteiger charge is 2.45. The predicted octanol–water partition coefficient (Wildman–Crippen LogP) is 15.7. The van der Waals surface area contributed by atoms with Crippen LogP contribution in [0.2, 0.25) is 15.1 Å². The van der Waals surface area contributed by atoms with Gasteiger partial charge in [0.1, 0.15) is 14.2 Å². The summed E-state index contributed by atoms with van der Waals surface area (Å²) < 4.78 is 71.1. The summed E-state index contributed by atoms with van der Waals surface area (Å²) in [6.45, 7) is 18.6. The highest BCUT2D eigenvalue weighted by Crippen LogP contribution is 2.51. The Morgan fingerprint density at radius 2 is 1.22 bits per heavy atom. The van der Waals surface area contributed by atoms with E-state index in [1.54, 1.807) is 61.6 Å². The van der Waals surface area contributed by atoms with Gasteiger partial charge in [-0.05, 0) is 158 Å². The summed E-state index contributed by atoms with van der Waals surface area (Å²) in [5.41, 5.74) is 7.05. The molecule has 9 nitrogen and oxygen atoms in total. The first-order chi connectivity index (χ1) is 34.5. The Labute approximate surface area is 448 Å². The molecule has 0 bridgehead atoms. The molecule has 5 aromatic heterocycles. The largest absolute Gasteiger partial charge is 0.359 e. The number of para-hydroxylation sites is 1. The molecule has 10 rings (SSSR count). The van der Waals surface area contributed by atoms with Gasteiger partial charge in [0.2, 0.25) is 0 Å². The Hall–Kier alpha value is -4.45. The van der Waals surface area contributed by atoms with Gasteiger partial charge in [0.15, 0.2) is 0 Å². The van der Waals surface area contributed by atoms with Crippen LogP contribution in [0.4, 0.5) is 5.82 Å². The molecule has 0 radical (unpaired) electrons. The fourth-order valence-electron chi connectivity index (χ4n) is 10.3. The predicted molar refractivity (Wildman–Crippen MR) is 309 cm³/mol. The lowest BCUT2D eigenvalue weighted by atomic mass is 9.96. The summed E-state index contributed by atoms with van der Waals surface area (Å²) in [7, 11) is -10.1. The second-order valence-corrected chi connectivity index (χ2v) is 26.6. The molecule has 0 saturated heterocycles. The van der Waals surface area contributed by atoms with Crippen LogP contribution >= 0.6 is 68.8 Å². The third-order valence-corrected chi connectivity index (χ3v) is 24.0. The van der Waals surface area contributed by atoms with Gasteiger partial charge in [-0.3, -0.25) is 4.57 Å². The number of benzene rings is 5. The van der Waals surface area contributed by atoms with Crippen LogP contribution in [0.25, 0.3) is 68.9 Å². The lowest BCUT2D eigenvalue weighted by Gasteiger charge is -2.27. The van der Waals surface area contributed by atoms with Crippen molar-refractivity contribution in [3.05, 3.63) is 139 Å². The number of sulfonamides is 2. The number of aromatic nitrogens is 2. The van der Waals surface area contributed by atoms with Gasteiger partial charge in [0.05, 0.1) is 16.7 Å². The number of hydrogen-bond donors (Lipinski definition) is 1. The molecule has 0 aliphatic heterocycles. The normalized spacial score (nSPS) is 12.7. The van der Waals surface area contributed by atoms with Crippen LogP contribution in [0, 0.1) is 20.8 Å². The van der Waals surface area contributed by atoms with E-state index in [1.165, 1.54) is 0 Å². The number of thiophene rings is 3. The van der Waals surface area contributed by atoms with E-state index in [0.29, 0.717) is 80.6 Å². The van der Waals surface area contributed by atoms with E-state index in [1.807, 2.05) is 41.1 Å². The van der Waals surface area contributed by atoms with E-state index in [4.69, 9.17) is 34.8 Å². The maximum absolute atomic E-state index is 16.6. The number of halogens is 3. The maximum Gasteiger partial charge on any atom is 0.288 e. The van der Waals surface area contributed by atoms with Crippen LogP contribution in [0.15, 0.2) is 105 Å². The van der Waals surface area contributed by atoms with E-state index in [2.05, 4.69) is 73.0 Å². The zero-order valence-corrected chi connectivity index (χ0v) is 47.3. The Bertz CT molecular complexity index is 3860. The fraction of sp³-hybridized carbons (Fsp3) is 0.273. The molecule has 17 heteroatoms. The number of nitrogens with zero attached hydrogens (tertiary/aromatic N) is 4. The van der Waals surface area contributed by atoms with Crippen molar-refractivity contribution >= 4 is 147 Å². The molecular formula is C55H54Cl3N5O4S5. The van der Waals surface area contributed by atoms with Crippen molar-refractivity contribution < 1.29 is 16.8 Å². The van der Waals surface area contributed by atoms with Gasteiger partial charge in [-0.15, -0.1) is 37.7 Å². The SMILES string of the molecule is CCN(CC)CCc1c[nH]c2c(-n3c(N(S(=O)(=O)c4sc5ccc(Cl)cc5c4C)S(=O)(=O)c4sc5ccc(Cl)cc5c4C)c(CCN(CC)CC)c4c(-c5cccc6c(C)csc56)c(Cl)ccc43)cccc12. The molecule has 0 saturated carbocycles. The van der Waals surface area contributed by atoms with Crippen molar-refractivity contribution in [3.63, 3.8) is 0 Å². The third kappa shape index (κ3) is 8.57. The van der Waals surface area contributed by atoms with Gasteiger partial charge < -0.3 is 14.8 Å².